The van der Waals surface area contributed by atoms with Gasteiger partial charge >= 0.3 is 0 Å². The minimum absolute atomic E-state index is 1.30. The molecule has 0 bridgehead atoms. The molecule has 0 nitrogen and oxygen atoms in total. The van der Waals surface area contributed by atoms with E-state index < -0.39 is 0 Å². The van der Waals surface area contributed by atoms with Crippen molar-refractivity contribution in [2.45, 2.75) is 13.8 Å². The van der Waals surface area contributed by atoms with E-state index in [0.29, 0.717) is 0 Å². The Morgan fingerprint density at radius 2 is 0.750 bits per heavy atom. The molecule has 0 saturated carbocycles. The minimum Gasteiger partial charge on any atom is -0.134 e. The number of hydrogen-bond acceptors (Lipinski definition) is 2. The van der Waals surface area contributed by atoms with Gasteiger partial charge < -0.3 is 0 Å². The van der Waals surface area contributed by atoms with E-state index in [9.17, 15) is 0 Å². The van der Waals surface area contributed by atoms with Gasteiger partial charge in [0.25, 0.3) is 0 Å². The fourth-order valence-corrected chi connectivity index (χ4v) is 4.80. The highest BCUT2D eigenvalue weighted by atomic mass is 32.1. The zero-order valence-electron chi connectivity index (χ0n) is 13.7. The second-order valence-electron chi connectivity index (χ2n) is 6.06. The van der Waals surface area contributed by atoms with Crippen LogP contribution in [0.3, 0.4) is 0 Å². The van der Waals surface area contributed by atoms with E-state index in [1.165, 1.54) is 41.8 Å². The Morgan fingerprint density at radius 1 is 0.417 bits per heavy atom. The SMILES string of the molecule is Cc1ccc(-c2ccc(-c3ccc(-c4ccc(C)cc4)s3)s2)cc1. The van der Waals surface area contributed by atoms with E-state index in [-0.39, 0.29) is 0 Å². The normalized spacial score (nSPS) is 10.9. The molecule has 0 atom stereocenters. The predicted molar refractivity (Wildman–Crippen MR) is 108 cm³/mol. The van der Waals surface area contributed by atoms with E-state index in [1.54, 1.807) is 0 Å². The van der Waals surface area contributed by atoms with E-state index in [2.05, 4.69) is 86.6 Å². The summed E-state index contributed by atoms with van der Waals surface area (Å²) in [6.07, 6.45) is 0. The maximum Gasteiger partial charge on any atom is 0.0449 e. The highest BCUT2D eigenvalue weighted by Crippen LogP contribution is 2.40. The van der Waals surface area contributed by atoms with Crippen molar-refractivity contribution < 1.29 is 0 Å². The average Bonchev–Trinajstić information content (AvgIpc) is 3.25. The van der Waals surface area contributed by atoms with Crippen LogP contribution in [0.15, 0.2) is 72.8 Å². The molecule has 4 aromatic rings. The fraction of sp³-hybridized carbons (Fsp3) is 0.0909. The molecule has 2 heteroatoms. The molecule has 0 unspecified atom stereocenters. The molecule has 0 aliphatic rings. The van der Waals surface area contributed by atoms with Gasteiger partial charge in [-0.15, -0.1) is 22.7 Å². The molecule has 4 rings (SSSR count). The van der Waals surface area contributed by atoms with Crippen molar-refractivity contribution in [1.29, 1.82) is 0 Å². The van der Waals surface area contributed by atoms with Crippen LogP contribution >= 0.6 is 22.7 Å². The Hall–Kier alpha value is -2.16. The second-order valence-corrected chi connectivity index (χ2v) is 8.23. The topological polar surface area (TPSA) is 0 Å². The van der Waals surface area contributed by atoms with Crippen molar-refractivity contribution in [2.24, 2.45) is 0 Å². The quantitative estimate of drug-likeness (QED) is 0.362. The third-order valence-corrected chi connectivity index (χ3v) is 6.59. The summed E-state index contributed by atoms with van der Waals surface area (Å²) < 4.78 is 0. The van der Waals surface area contributed by atoms with Crippen LogP contribution in [-0.2, 0) is 0 Å². The summed E-state index contributed by atoms with van der Waals surface area (Å²) in [4.78, 5) is 5.34. The standard InChI is InChI=1S/C22H18S2/c1-15-3-7-17(8-4-15)19-11-13-21(23-19)22-14-12-20(24-22)18-9-5-16(2)6-10-18/h3-14H,1-2H3. The monoisotopic (exact) mass is 346 g/mol. The summed E-state index contributed by atoms with van der Waals surface area (Å²) in [6.45, 7) is 4.25. The molecule has 0 saturated heterocycles. The largest absolute Gasteiger partial charge is 0.134 e. The van der Waals surface area contributed by atoms with Gasteiger partial charge in [-0.3, -0.25) is 0 Å². The Morgan fingerprint density at radius 3 is 1.12 bits per heavy atom. The van der Waals surface area contributed by atoms with Crippen molar-refractivity contribution in [3.8, 4) is 30.6 Å². The summed E-state index contributed by atoms with van der Waals surface area (Å²) in [5, 5.41) is 0. The minimum atomic E-state index is 1.30. The van der Waals surface area contributed by atoms with Gasteiger partial charge in [-0.1, -0.05) is 59.7 Å². The van der Waals surface area contributed by atoms with Crippen LogP contribution in [0.2, 0.25) is 0 Å². The highest BCUT2D eigenvalue weighted by molar-refractivity contribution is 7.25. The summed E-state index contributed by atoms with van der Waals surface area (Å²) in [5.41, 5.74) is 5.20. The second kappa shape index (κ2) is 6.39. The lowest BCUT2D eigenvalue weighted by atomic mass is 10.1. The molecule has 0 radical (unpaired) electrons. The summed E-state index contributed by atoms with van der Waals surface area (Å²) in [5.74, 6) is 0. The number of benzene rings is 2. The van der Waals surface area contributed by atoms with E-state index in [1.807, 2.05) is 22.7 Å². The fourth-order valence-electron chi connectivity index (χ4n) is 2.69. The molecule has 2 heterocycles. The molecule has 0 spiro atoms. The molecule has 2 aromatic carbocycles. The van der Waals surface area contributed by atoms with Gasteiger partial charge in [-0.25, -0.2) is 0 Å². The predicted octanol–water partition coefficient (Wildman–Crippen LogP) is 7.43. The van der Waals surface area contributed by atoms with Gasteiger partial charge in [0.05, 0.1) is 0 Å². The number of rotatable bonds is 3. The average molecular weight is 347 g/mol. The third kappa shape index (κ3) is 3.08. The lowest BCUT2D eigenvalue weighted by Gasteiger charge is -1.98. The molecule has 0 aliphatic heterocycles. The first-order chi connectivity index (χ1) is 11.7. The van der Waals surface area contributed by atoms with Crippen molar-refractivity contribution in [3.05, 3.63) is 83.9 Å². The Bertz CT molecular complexity index is 872. The van der Waals surface area contributed by atoms with Gasteiger partial charge in [0.15, 0.2) is 0 Å². The number of thiophene rings is 2. The van der Waals surface area contributed by atoms with Gasteiger partial charge in [0.2, 0.25) is 0 Å². The summed E-state index contributed by atoms with van der Waals surface area (Å²) in [7, 11) is 0. The van der Waals surface area contributed by atoms with Crippen molar-refractivity contribution >= 4 is 22.7 Å². The van der Waals surface area contributed by atoms with E-state index in [4.69, 9.17) is 0 Å². The third-order valence-electron chi connectivity index (χ3n) is 4.13. The maximum atomic E-state index is 2.24. The van der Waals surface area contributed by atoms with Gasteiger partial charge in [-0.05, 0) is 49.2 Å². The summed E-state index contributed by atoms with van der Waals surface area (Å²) in [6, 6.07) is 26.5. The van der Waals surface area contributed by atoms with Gasteiger partial charge in [0.1, 0.15) is 0 Å². The molecular formula is C22H18S2. The van der Waals surface area contributed by atoms with Crippen LogP contribution in [0.1, 0.15) is 11.1 Å². The lowest BCUT2D eigenvalue weighted by Crippen LogP contribution is -1.73. The Kier molecular flexibility index (Phi) is 4.09. The molecular weight excluding hydrogens is 328 g/mol. The first kappa shape index (κ1) is 15.4. The molecule has 2 aromatic heterocycles. The Balaban J connectivity index is 1.63. The van der Waals surface area contributed by atoms with Crippen molar-refractivity contribution in [3.63, 3.8) is 0 Å². The van der Waals surface area contributed by atoms with E-state index in [0.717, 1.165) is 0 Å². The molecule has 0 fully saturated rings. The zero-order chi connectivity index (χ0) is 16.5. The van der Waals surface area contributed by atoms with Gasteiger partial charge in [-0.2, -0.15) is 0 Å². The van der Waals surface area contributed by atoms with Crippen molar-refractivity contribution in [2.75, 3.05) is 0 Å². The summed E-state index contributed by atoms with van der Waals surface area (Å²) >= 11 is 3.73. The number of aryl methyl sites for hydroxylation is 2. The molecule has 0 aliphatic carbocycles. The van der Waals surface area contributed by atoms with Crippen LogP contribution < -0.4 is 0 Å². The van der Waals surface area contributed by atoms with Gasteiger partial charge in [0, 0.05) is 19.5 Å². The van der Waals surface area contributed by atoms with Crippen LogP contribution in [0.4, 0.5) is 0 Å². The van der Waals surface area contributed by atoms with Crippen LogP contribution in [0, 0.1) is 13.8 Å². The van der Waals surface area contributed by atoms with Crippen LogP contribution in [0.25, 0.3) is 30.6 Å². The molecule has 0 N–H and O–H groups in total. The molecule has 24 heavy (non-hydrogen) atoms. The highest BCUT2D eigenvalue weighted by Gasteiger charge is 2.08. The zero-order valence-corrected chi connectivity index (χ0v) is 15.4. The lowest BCUT2D eigenvalue weighted by molar-refractivity contribution is 1.48. The molecule has 118 valence electrons. The first-order valence-corrected chi connectivity index (χ1v) is 9.66. The van der Waals surface area contributed by atoms with Crippen molar-refractivity contribution in [1.82, 2.24) is 0 Å². The molecule has 0 amide bonds. The maximum absolute atomic E-state index is 2.24. The smallest absolute Gasteiger partial charge is 0.0449 e. The van der Waals surface area contributed by atoms with E-state index >= 15 is 0 Å². The number of hydrogen-bond donors (Lipinski definition) is 0. The van der Waals surface area contributed by atoms with Crippen LogP contribution in [0.5, 0.6) is 0 Å². The first-order valence-electron chi connectivity index (χ1n) is 8.03. The van der Waals surface area contributed by atoms with Crippen LogP contribution in [-0.4, -0.2) is 0 Å². The Labute approximate surface area is 151 Å².